The van der Waals surface area contributed by atoms with Gasteiger partial charge in [0.15, 0.2) is 0 Å². The van der Waals surface area contributed by atoms with E-state index < -0.39 is 10.0 Å². The lowest BCUT2D eigenvalue weighted by Crippen LogP contribution is -2.12. The van der Waals surface area contributed by atoms with E-state index in [1.807, 2.05) is 0 Å². The van der Waals surface area contributed by atoms with Crippen LogP contribution in [0.5, 0.6) is 0 Å². The first-order valence-corrected chi connectivity index (χ1v) is 7.32. The van der Waals surface area contributed by atoms with Gasteiger partial charge >= 0.3 is 0 Å². The van der Waals surface area contributed by atoms with E-state index in [1.165, 1.54) is 24.3 Å². The van der Waals surface area contributed by atoms with Crippen LogP contribution in [-0.4, -0.2) is 14.7 Å². The van der Waals surface area contributed by atoms with Crippen LogP contribution in [0.25, 0.3) is 6.08 Å². The van der Waals surface area contributed by atoms with Crippen LogP contribution in [0.3, 0.4) is 0 Å². The van der Waals surface area contributed by atoms with Crippen LogP contribution in [0.2, 0.25) is 0 Å². The van der Waals surface area contributed by atoms with Crippen LogP contribution in [0.15, 0.2) is 65.6 Å². The van der Waals surface area contributed by atoms with Gasteiger partial charge in [0.1, 0.15) is 0 Å². The highest BCUT2D eigenvalue weighted by Crippen LogP contribution is 2.17. The fraction of sp³-hybridized carbons (Fsp3) is 0. The average molecular weight is 286 g/mol. The summed E-state index contributed by atoms with van der Waals surface area (Å²) in [7, 11) is -3.64. The molecule has 1 N–H and O–H groups in total. The molecule has 0 unspecified atom stereocenters. The number of rotatable bonds is 5. The maximum absolute atomic E-state index is 12.2. The summed E-state index contributed by atoms with van der Waals surface area (Å²) in [4.78, 5) is 10.3. The Morgan fingerprint density at radius 1 is 1.00 bits per heavy atom. The first kappa shape index (κ1) is 14.0. The van der Waals surface area contributed by atoms with E-state index in [1.54, 1.807) is 48.8 Å². The van der Waals surface area contributed by atoms with Gasteiger partial charge in [-0.25, -0.2) is 8.42 Å². The molecule has 20 heavy (non-hydrogen) atoms. The molecular weight excluding hydrogens is 274 g/mol. The number of para-hydroxylation sites is 1. The molecule has 0 saturated carbocycles. The van der Waals surface area contributed by atoms with Crippen molar-refractivity contribution in [3.05, 3.63) is 66.2 Å². The largest absolute Gasteiger partial charge is 0.286 e. The number of nitrogens with one attached hydrogen (secondary N) is 1. The van der Waals surface area contributed by atoms with Crippen LogP contribution in [-0.2, 0) is 14.8 Å². The van der Waals surface area contributed by atoms with Crippen molar-refractivity contribution in [2.75, 3.05) is 4.72 Å². The monoisotopic (exact) mass is 286 g/mol. The van der Waals surface area contributed by atoms with Crippen molar-refractivity contribution in [3.8, 4) is 0 Å². The molecule has 0 aliphatic heterocycles. The SMILES string of the molecule is O=[C]/C=C/c1cccc(S(=O)(=O)Nc2ccccc2)c1. The minimum Gasteiger partial charge on any atom is -0.286 e. The van der Waals surface area contributed by atoms with E-state index in [2.05, 4.69) is 4.72 Å². The van der Waals surface area contributed by atoms with E-state index in [4.69, 9.17) is 0 Å². The van der Waals surface area contributed by atoms with Crippen LogP contribution >= 0.6 is 0 Å². The van der Waals surface area contributed by atoms with Gasteiger partial charge in [0.25, 0.3) is 10.0 Å². The highest BCUT2D eigenvalue weighted by atomic mass is 32.2. The Morgan fingerprint density at radius 2 is 1.75 bits per heavy atom. The molecule has 2 rings (SSSR count). The van der Waals surface area contributed by atoms with Gasteiger partial charge in [-0.05, 0) is 35.9 Å². The van der Waals surface area contributed by atoms with Crippen LogP contribution < -0.4 is 4.72 Å². The normalized spacial score (nSPS) is 11.4. The second kappa shape index (κ2) is 6.16. The van der Waals surface area contributed by atoms with Gasteiger partial charge in [0.05, 0.1) is 4.90 Å². The fourth-order valence-electron chi connectivity index (χ4n) is 1.64. The molecule has 0 heterocycles. The summed E-state index contributed by atoms with van der Waals surface area (Å²) in [6, 6.07) is 14.9. The van der Waals surface area contributed by atoms with Gasteiger partial charge in [-0.1, -0.05) is 36.4 Å². The molecule has 5 heteroatoms. The molecule has 0 fully saturated rings. The molecule has 4 nitrogen and oxygen atoms in total. The van der Waals surface area contributed by atoms with Crippen molar-refractivity contribution in [1.29, 1.82) is 0 Å². The molecule has 0 aliphatic carbocycles. The lowest BCUT2D eigenvalue weighted by Gasteiger charge is -2.08. The summed E-state index contributed by atoms with van der Waals surface area (Å²) in [6.07, 6.45) is 4.30. The van der Waals surface area contributed by atoms with Gasteiger partial charge in [0, 0.05) is 5.69 Å². The Kier molecular flexibility index (Phi) is 4.32. The molecular formula is C15H12NO3S. The first-order chi connectivity index (χ1) is 9.62. The number of sulfonamides is 1. The van der Waals surface area contributed by atoms with Gasteiger partial charge in [0.2, 0.25) is 6.29 Å². The zero-order valence-electron chi connectivity index (χ0n) is 10.5. The molecule has 0 aliphatic rings. The maximum atomic E-state index is 12.2. The summed E-state index contributed by atoms with van der Waals surface area (Å²) >= 11 is 0. The Bertz CT molecular complexity index is 722. The predicted molar refractivity (Wildman–Crippen MR) is 78.4 cm³/mol. The number of benzene rings is 2. The van der Waals surface area contributed by atoms with Crippen molar-refractivity contribution in [2.45, 2.75) is 4.90 Å². The van der Waals surface area contributed by atoms with Gasteiger partial charge in [-0.3, -0.25) is 9.52 Å². The van der Waals surface area contributed by atoms with Gasteiger partial charge in [-0.15, -0.1) is 0 Å². The molecule has 0 atom stereocenters. The molecule has 0 amide bonds. The smallest absolute Gasteiger partial charge is 0.261 e. The summed E-state index contributed by atoms with van der Waals surface area (Å²) < 4.78 is 26.9. The number of anilines is 1. The second-order valence-corrected chi connectivity index (χ2v) is 5.68. The van der Waals surface area contributed by atoms with E-state index >= 15 is 0 Å². The van der Waals surface area contributed by atoms with E-state index in [0.717, 1.165) is 0 Å². The third-order valence-electron chi connectivity index (χ3n) is 2.54. The minimum atomic E-state index is -3.64. The van der Waals surface area contributed by atoms with Crippen LogP contribution in [0.4, 0.5) is 5.69 Å². The molecule has 2 aromatic rings. The van der Waals surface area contributed by atoms with Crippen molar-refractivity contribution in [1.82, 2.24) is 0 Å². The Hall–Kier alpha value is -2.40. The summed E-state index contributed by atoms with van der Waals surface area (Å²) in [6.45, 7) is 0. The average Bonchev–Trinajstić information content (AvgIpc) is 2.46. The minimum absolute atomic E-state index is 0.134. The summed E-state index contributed by atoms with van der Waals surface area (Å²) in [5.74, 6) is 0. The Balaban J connectivity index is 2.30. The molecule has 1 radical (unpaired) electrons. The van der Waals surface area contributed by atoms with Crippen molar-refractivity contribution in [3.63, 3.8) is 0 Å². The molecule has 0 aromatic heterocycles. The molecule has 2 aromatic carbocycles. The highest BCUT2D eigenvalue weighted by Gasteiger charge is 2.13. The molecule has 0 saturated heterocycles. The first-order valence-electron chi connectivity index (χ1n) is 5.84. The predicted octanol–water partition coefficient (Wildman–Crippen LogP) is 2.61. The fourth-order valence-corrected chi connectivity index (χ4v) is 2.75. The number of hydrogen-bond donors (Lipinski definition) is 1. The molecule has 101 valence electrons. The Morgan fingerprint density at radius 3 is 2.45 bits per heavy atom. The van der Waals surface area contributed by atoms with Crippen LogP contribution in [0, 0.1) is 0 Å². The third kappa shape index (κ3) is 3.55. The zero-order valence-corrected chi connectivity index (χ0v) is 11.3. The van der Waals surface area contributed by atoms with Crippen molar-refractivity contribution in [2.24, 2.45) is 0 Å². The second-order valence-electron chi connectivity index (χ2n) is 4.00. The third-order valence-corrected chi connectivity index (χ3v) is 3.92. The Labute approximate surface area is 117 Å². The standard InChI is InChI=1S/C15H12NO3S/c17-11-5-7-13-6-4-10-15(12-13)20(18,19)16-14-8-2-1-3-9-14/h1-10,12,16H/b7-5+. The lowest BCUT2D eigenvalue weighted by atomic mass is 10.2. The topological polar surface area (TPSA) is 63.2 Å². The zero-order chi connectivity index (χ0) is 14.4. The number of hydrogen-bond acceptors (Lipinski definition) is 3. The van der Waals surface area contributed by atoms with E-state index in [0.29, 0.717) is 11.3 Å². The maximum Gasteiger partial charge on any atom is 0.261 e. The van der Waals surface area contributed by atoms with Crippen molar-refractivity contribution < 1.29 is 13.2 Å². The van der Waals surface area contributed by atoms with Crippen molar-refractivity contribution >= 4 is 28.1 Å². The van der Waals surface area contributed by atoms with Crippen LogP contribution in [0.1, 0.15) is 5.56 Å². The van der Waals surface area contributed by atoms with E-state index in [9.17, 15) is 13.2 Å². The van der Waals surface area contributed by atoms with Gasteiger partial charge < -0.3 is 0 Å². The summed E-state index contributed by atoms with van der Waals surface area (Å²) in [5.41, 5.74) is 1.11. The molecule has 0 bridgehead atoms. The van der Waals surface area contributed by atoms with E-state index in [-0.39, 0.29) is 4.90 Å². The van der Waals surface area contributed by atoms with Gasteiger partial charge in [-0.2, -0.15) is 0 Å². The quantitative estimate of drug-likeness (QED) is 0.859. The highest BCUT2D eigenvalue weighted by molar-refractivity contribution is 7.92. The lowest BCUT2D eigenvalue weighted by molar-refractivity contribution is 0.564. The number of carbonyl (C=O) groups excluding carboxylic acids is 1. The number of allylic oxidation sites excluding steroid dienone is 1. The molecule has 0 spiro atoms. The summed E-state index contributed by atoms with van der Waals surface area (Å²) in [5, 5.41) is 0.